The van der Waals surface area contributed by atoms with Crippen molar-refractivity contribution >= 4 is 0 Å². The van der Waals surface area contributed by atoms with Crippen LogP contribution in [0.25, 0.3) is 0 Å². The zero-order valence-electron chi connectivity index (χ0n) is 18.1. The predicted octanol–water partition coefficient (Wildman–Crippen LogP) is 6.97. The molecule has 0 atom stereocenters. The Balaban J connectivity index is 1.77. The van der Waals surface area contributed by atoms with Gasteiger partial charge in [-0.2, -0.15) is 13.2 Å². The molecule has 1 aliphatic heterocycles. The average Bonchev–Trinajstić information content (AvgIpc) is 2.70. The Morgan fingerprint density at radius 3 is 2.03 bits per heavy atom. The summed E-state index contributed by atoms with van der Waals surface area (Å²) in [6.07, 6.45) is 8.75. The second kappa shape index (κ2) is 12.6. The molecule has 166 valence electrons. The minimum absolute atomic E-state index is 0.541. The SMILES string of the molecule is CCCCCCCCCCCC[N+]1(Cc2cccc(C(F)(F)F)c2)CCOCC1. The monoisotopic (exact) mass is 414 g/mol. The summed E-state index contributed by atoms with van der Waals surface area (Å²) in [6.45, 7) is 7.16. The molecular weight excluding hydrogens is 375 g/mol. The van der Waals surface area contributed by atoms with Crippen molar-refractivity contribution in [3.8, 4) is 0 Å². The van der Waals surface area contributed by atoms with E-state index >= 15 is 0 Å². The number of ether oxygens (including phenoxy) is 1. The summed E-state index contributed by atoms with van der Waals surface area (Å²) in [7, 11) is 0. The summed E-state index contributed by atoms with van der Waals surface area (Å²) in [5, 5.41) is 0. The molecule has 0 unspecified atom stereocenters. The van der Waals surface area contributed by atoms with E-state index in [0.29, 0.717) is 19.8 Å². The highest BCUT2D eigenvalue weighted by molar-refractivity contribution is 5.25. The standard InChI is InChI=1S/C24H39F3NO/c1-2-3-4-5-6-7-8-9-10-11-15-28(16-18-29-19-17-28)21-22-13-12-14-23(20-22)24(25,26)27/h12-14,20H,2-11,15-19,21H2,1H3/q+1. The van der Waals surface area contributed by atoms with Crippen LogP contribution in [-0.2, 0) is 17.5 Å². The first-order valence-corrected chi connectivity index (χ1v) is 11.5. The molecule has 2 nitrogen and oxygen atoms in total. The van der Waals surface area contributed by atoms with Crippen LogP contribution in [0.1, 0.15) is 82.3 Å². The van der Waals surface area contributed by atoms with Gasteiger partial charge in [0.15, 0.2) is 0 Å². The third kappa shape index (κ3) is 9.08. The normalized spacial score (nSPS) is 16.8. The van der Waals surface area contributed by atoms with E-state index in [1.54, 1.807) is 0 Å². The molecule has 1 aliphatic rings. The molecule has 1 aromatic carbocycles. The Hall–Kier alpha value is -1.07. The number of halogens is 3. The molecule has 1 fully saturated rings. The smallest absolute Gasteiger partial charge is 0.370 e. The molecule has 0 saturated carbocycles. The second-order valence-corrected chi connectivity index (χ2v) is 8.66. The molecule has 0 spiro atoms. The minimum atomic E-state index is -4.28. The van der Waals surface area contributed by atoms with Crippen LogP contribution >= 0.6 is 0 Å². The number of nitrogens with zero attached hydrogens (tertiary/aromatic N) is 1. The average molecular weight is 415 g/mol. The van der Waals surface area contributed by atoms with Crippen molar-refractivity contribution in [2.24, 2.45) is 0 Å². The Morgan fingerprint density at radius 2 is 1.45 bits per heavy atom. The number of rotatable bonds is 13. The van der Waals surface area contributed by atoms with Gasteiger partial charge in [-0.25, -0.2) is 0 Å². The van der Waals surface area contributed by atoms with Gasteiger partial charge in [0.25, 0.3) is 0 Å². The van der Waals surface area contributed by atoms with E-state index in [-0.39, 0.29) is 0 Å². The molecular formula is C24H39F3NO+. The predicted molar refractivity (Wildman–Crippen MR) is 113 cm³/mol. The molecule has 1 aromatic rings. The van der Waals surface area contributed by atoms with Crippen molar-refractivity contribution in [2.75, 3.05) is 32.8 Å². The fraction of sp³-hybridized carbons (Fsp3) is 0.750. The van der Waals surface area contributed by atoms with Gasteiger partial charge in [0.2, 0.25) is 0 Å². The number of quaternary nitrogens is 1. The van der Waals surface area contributed by atoms with Crippen molar-refractivity contribution in [1.29, 1.82) is 0 Å². The first-order chi connectivity index (χ1) is 14.0. The van der Waals surface area contributed by atoms with Crippen LogP contribution < -0.4 is 0 Å². The lowest BCUT2D eigenvalue weighted by atomic mass is 10.0. The van der Waals surface area contributed by atoms with Gasteiger partial charge in [-0.05, 0) is 25.0 Å². The fourth-order valence-electron chi connectivity index (χ4n) is 4.36. The summed E-state index contributed by atoms with van der Waals surface area (Å²) >= 11 is 0. The number of morpholine rings is 1. The van der Waals surface area contributed by atoms with Crippen LogP contribution in [0.2, 0.25) is 0 Å². The zero-order chi connectivity index (χ0) is 21.0. The summed E-state index contributed by atoms with van der Waals surface area (Å²) < 4.78 is 45.6. The molecule has 29 heavy (non-hydrogen) atoms. The summed E-state index contributed by atoms with van der Waals surface area (Å²) in [6, 6.07) is 5.86. The van der Waals surface area contributed by atoms with Crippen LogP contribution in [0.3, 0.4) is 0 Å². The van der Waals surface area contributed by atoms with E-state index in [2.05, 4.69) is 6.92 Å². The Bertz CT molecular complexity index is 567. The van der Waals surface area contributed by atoms with E-state index in [9.17, 15) is 13.2 Å². The Morgan fingerprint density at radius 1 is 0.862 bits per heavy atom. The van der Waals surface area contributed by atoms with Crippen molar-refractivity contribution in [2.45, 2.75) is 83.9 Å². The van der Waals surface area contributed by atoms with Crippen LogP contribution in [-0.4, -0.2) is 37.3 Å². The van der Waals surface area contributed by atoms with Gasteiger partial charge in [0.05, 0.1) is 25.3 Å². The van der Waals surface area contributed by atoms with Gasteiger partial charge in [0, 0.05) is 5.56 Å². The first kappa shape index (κ1) is 24.2. The molecule has 0 radical (unpaired) electrons. The maximum Gasteiger partial charge on any atom is 0.416 e. The highest BCUT2D eigenvalue weighted by atomic mass is 19.4. The van der Waals surface area contributed by atoms with Crippen molar-refractivity contribution in [3.63, 3.8) is 0 Å². The lowest BCUT2D eigenvalue weighted by Gasteiger charge is -2.41. The quantitative estimate of drug-likeness (QED) is 0.250. The van der Waals surface area contributed by atoms with Gasteiger partial charge in [-0.15, -0.1) is 0 Å². The first-order valence-electron chi connectivity index (χ1n) is 11.5. The number of unbranched alkanes of at least 4 members (excludes halogenated alkanes) is 9. The van der Waals surface area contributed by atoms with Crippen LogP contribution in [0.4, 0.5) is 13.2 Å². The van der Waals surface area contributed by atoms with Gasteiger partial charge in [0.1, 0.15) is 19.6 Å². The van der Waals surface area contributed by atoms with E-state index in [1.165, 1.54) is 69.9 Å². The molecule has 0 N–H and O–H groups in total. The van der Waals surface area contributed by atoms with Gasteiger partial charge in [-0.1, -0.05) is 70.4 Å². The van der Waals surface area contributed by atoms with Gasteiger partial charge >= 0.3 is 6.18 Å². The number of benzene rings is 1. The van der Waals surface area contributed by atoms with Crippen LogP contribution in [0.15, 0.2) is 24.3 Å². The largest absolute Gasteiger partial charge is 0.416 e. The van der Waals surface area contributed by atoms with Gasteiger partial charge in [-0.3, -0.25) is 0 Å². The zero-order valence-corrected chi connectivity index (χ0v) is 18.1. The van der Waals surface area contributed by atoms with E-state index in [4.69, 9.17) is 4.74 Å². The third-order valence-electron chi connectivity index (χ3n) is 6.18. The summed E-state index contributed by atoms with van der Waals surface area (Å²) in [4.78, 5) is 0. The highest BCUT2D eigenvalue weighted by Crippen LogP contribution is 2.30. The maximum absolute atomic E-state index is 13.1. The molecule has 0 bridgehead atoms. The molecule has 0 aliphatic carbocycles. The lowest BCUT2D eigenvalue weighted by molar-refractivity contribution is -0.947. The maximum atomic E-state index is 13.1. The molecule has 1 saturated heterocycles. The highest BCUT2D eigenvalue weighted by Gasteiger charge is 2.33. The topological polar surface area (TPSA) is 9.23 Å². The summed E-state index contributed by atoms with van der Waals surface area (Å²) in [5.41, 5.74) is 0.245. The van der Waals surface area contributed by atoms with Crippen molar-refractivity contribution in [3.05, 3.63) is 35.4 Å². The number of hydrogen-bond acceptors (Lipinski definition) is 1. The second-order valence-electron chi connectivity index (χ2n) is 8.66. The minimum Gasteiger partial charge on any atom is -0.370 e. The van der Waals surface area contributed by atoms with E-state index in [1.807, 2.05) is 6.07 Å². The van der Waals surface area contributed by atoms with Crippen molar-refractivity contribution in [1.82, 2.24) is 0 Å². The summed E-state index contributed by atoms with van der Waals surface area (Å²) in [5.74, 6) is 0. The number of alkyl halides is 3. The molecule has 0 aromatic heterocycles. The van der Waals surface area contributed by atoms with Gasteiger partial charge < -0.3 is 9.22 Å². The third-order valence-corrected chi connectivity index (χ3v) is 6.18. The van der Waals surface area contributed by atoms with E-state index < -0.39 is 11.7 Å². The van der Waals surface area contributed by atoms with Crippen LogP contribution in [0.5, 0.6) is 0 Å². The molecule has 5 heteroatoms. The Kier molecular flexibility index (Phi) is 10.5. The molecule has 0 amide bonds. The molecule has 1 heterocycles. The van der Waals surface area contributed by atoms with E-state index in [0.717, 1.165) is 42.2 Å². The lowest BCUT2D eigenvalue weighted by Crippen LogP contribution is -2.54. The fourth-order valence-corrected chi connectivity index (χ4v) is 4.36. The molecule has 2 rings (SSSR count). The van der Waals surface area contributed by atoms with Crippen LogP contribution in [0, 0.1) is 0 Å². The Labute approximate surface area is 175 Å². The van der Waals surface area contributed by atoms with Crippen molar-refractivity contribution < 1.29 is 22.4 Å². The number of hydrogen-bond donors (Lipinski definition) is 0.